The Morgan fingerprint density at radius 1 is 1.03 bits per heavy atom. The number of rotatable bonds is 9. The molecule has 1 heterocycles. The molecule has 0 radical (unpaired) electrons. The third kappa shape index (κ3) is 5.74. The van der Waals surface area contributed by atoms with Crippen molar-refractivity contribution >= 4 is 5.91 Å². The average molecular weight is 413 g/mol. The number of methoxy groups -OCH3 is 2. The van der Waals surface area contributed by atoms with Gasteiger partial charge in [0.05, 0.1) is 13.7 Å². The van der Waals surface area contributed by atoms with Crippen LogP contribution in [0.3, 0.4) is 0 Å². The highest BCUT2D eigenvalue weighted by atomic mass is 16.5. The monoisotopic (exact) mass is 412 g/mol. The minimum atomic E-state index is -0.0554. The molecule has 2 aromatic rings. The highest BCUT2D eigenvalue weighted by Crippen LogP contribution is 2.35. The fourth-order valence-electron chi connectivity index (χ4n) is 4.07. The summed E-state index contributed by atoms with van der Waals surface area (Å²) in [4.78, 5) is 15.0. The molecule has 1 aliphatic rings. The van der Waals surface area contributed by atoms with Crippen LogP contribution < -0.4 is 14.8 Å². The van der Waals surface area contributed by atoms with Crippen molar-refractivity contribution in [3.05, 3.63) is 59.7 Å². The van der Waals surface area contributed by atoms with Gasteiger partial charge in [0.15, 0.2) is 0 Å². The second kappa shape index (κ2) is 11.0. The molecule has 1 aliphatic heterocycles. The molecule has 2 atom stereocenters. The average Bonchev–Trinajstić information content (AvgIpc) is 2.78. The van der Waals surface area contributed by atoms with Crippen LogP contribution in [0.2, 0.25) is 0 Å². The molecule has 3 rings (SSSR count). The second-order valence-corrected chi connectivity index (χ2v) is 7.68. The molecule has 1 amide bonds. The summed E-state index contributed by atoms with van der Waals surface area (Å²) in [7, 11) is 5.48. The van der Waals surface area contributed by atoms with Crippen LogP contribution in [0.1, 0.15) is 34.8 Å². The van der Waals surface area contributed by atoms with Gasteiger partial charge >= 0.3 is 0 Å². The first-order valence-electron chi connectivity index (χ1n) is 10.5. The largest absolute Gasteiger partial charge is 0.497 e. The number of benzene rings is 2. The summed E-state index contributed by atoms with van der Waals surface area (Å²) in [6, 6.07) is 15.8. The molecular formula is C24H32N2O4. The number of likely N-dealkylation sites (tertiary alicyclic amines) is 1. The summed E-state index contributed by atoms with van der Waals surface area (Å²) < 4.78 is 15.8. The zero-order valence-electron chi connectivity index (χ0n) is 18.1. The Balaban J connectivity index is 1.60. The summed E-state index contributed by atoms with van der Waals surface area (Å²) in [5, 5.41) is 3.13. The lowest BCUT2D eigenvalue weighted by Crippen LogP contribution is -2.41. The van der Waals surface area contributed by atoms with E-state index in [1.165, 1.54) is 5.56 Å². The summed E-state index contributed by atoms with van der Waals surface area (Å²) in [5.74, 6) is 1.90. The van der Waals surface area contributed by atoms with Crippen molar-refractivity contribution in [3.8, 4) is 11.5 Å². The van der Waals surface area contributed by atoms with Gasteiger partial charge in [0.2, 0.25) is 0 Å². The number of nitrogens with zero attached hydrogens (tertiary/aromatic N) is 1. The Labute approximate surface area is 179 Å². The van der Waals surface area contributed by atoms with Crippen molar-refractivity contribution in [2.45, 2.75) is 18.9 Å². The van der Waals surface area contributed by atoms with Crippen molar-refractivity contribution in [1.82, 2.24) is 10.2 Å². The minimum Gasteiger partial charge on any atom is -0.497 e. The lowest BCUT2D eigenvalue weighted by atomic mass is 9.85. The first kappa shape index (κ1) is 22.1. The maximum Gasteiger partial charge on any atom is 0.251 e. The van der Waals surface area contributed by atoms with Crippen LogP contribution in [-0.4, -0.2) is 58.4 Å². The van der Waals surface area contributed by atoms with E-state index in [9.17, 15) is 4.79 Å². The van der Waals surface area contributed by atoms with Crippen molar-refractivity contribution in [2.24, 2.45) is 5.92 Å². The number of amides is 1. The number of ether oxygens (including phenoxy) is 3. The maximum atomic E-state index is 12.7. The smallest absolute Gasteiger partial charge is 0.251 e. The Morgan fingerprint density at radius 3 is 2.40 bits per heavy atom. The van der Waals surface area contributed by atoms with E-state index in [1.807, 2.05) is 24.3 Å². The van der Waals surface area contributed by atoms with E-state index in [1.54, 1.807) is 26.4 Å². The third-order valence-corrected chi connectivity index (χ3v) is 5.66. The summed E-state index contributed by atoms with van der Waals surface area (Å²) in [6.45, 7) is 2.73. The van der Waals surface area contributed by atoms with E-state index in [-0.39, 0.29) is 11.9 Å². The molecule has 0 aromatic heterocycles. The molecule has 0 saturated carbocycles. The predicted molar refractivity (Wildman–Crippen MR) is 117 cm³/mol. The van der Waals surface area contributed by atoms with Crippen LogP contribution in [0.4, 0.5) is 0 Å². The van der Waals surface area contributed by atoms with Crippen LogP contribution >= 0.6 is 0 Å². The highest BCUT2D eigenvalue weighted by molar-refractivity contribution is 5.94. The van der Waals surface area contributed by atoms with Crippen molar-refractivity contribution < 1.29 is 19.0 Å². The van der Waals surface area contributed by atoms with E-state index < -0.39 is 0 Å². The molecule has 2 aromatic carbocycles. The first-order chi connectivity index (χ1) is 14.6. The highest BCUT2D eigenvalue weighted by Gasteiger charge is 2.30. The molecule has 1 saturated heterocycles. The molecular weight excluding hydrogens is 380 g/mol. The van der Waals surface area contributed by atoms with Crippen LogP contribution in [0.5, 0.6) is 11.5 Å². The lowest BCUT2D eigenvalue weighted by molar-refractivity contribution is 0.0891. The number of piperidine rings is 1. The molecule has 0 spiro atoms. The Kier molecular flexibility index (Phi) is 8.11. The minimum absolute atomic E-state index is 0.0554. The van der Waals surface area contributed by atoms with E-state index in [4.69, 9.17) is 14.2 Å². The quantitative estimate of drug-likeness (QED) is 0.639. The van der Waals surface area contributed by atoms with E-state index >= 15 is 0 Å². The van der Waals surface area contributed by atoms with Gasteiger partial charge in [0.25, 0.3) is 5.91 Å². The molecule has 30 heavy (non-hydrogen) atoms. The molecule has 0 aliphatic carbocycles. The van der Waals surface area contributed by atoms with Crippen molar-refractivity contribution in [3.63, 3.8) is 0 Å². The van der Waals surface area contributed by atoms with Crippen LogP contribution in [-0.2, 0) is 4.74 Å². The number of nitrogens with one attached hydrogen (secondary N) is 1. The van der Waals surface area contributed by atoms with Gasteiger partial charge in [0, 0.05) is 25.3 Å². The molecule has 6 heteroatoms. The zero-order chi connectivity index (χ0) is 21.3. The van der Waals surface area contributed by atoms with Gasteiger partial charge in [-0.1, -0.05) is 12.1 Å². The molecule has 6 nitrogen and oxygen atoms in total. The molecule has 1 N–H and O–H groups in total. The Morgan fingerprint density at radius 2 is 1.73 bits per heavy atom. The third-order valence-electron chi connectivity index (χ3n) is 5.66. The molecule has 0 bridgehead atoms. The van der Waals surface area contributed by atoms with Crippen LogP contribution in [0.25, 0.3) is 0 Å². The Bertz CT molecular complexity index is 792. The SMILES string of the molecule is COCCOc1ccc(C(=O)NCC2CCCN(C)C2c2ccc(OC)cc2)cc1. The van der Waals surface area contributed by atoms with Crippen molar-refractivity contribution in [1.29, 1.82) is 0 Å². The second-order valence-electron chi connectivity index (χ2n) is 7.68. The normalized spacial score (nSPS) is 19.3. The van der Waals surface area contributed by atoms with Gasteiger partial charge in [-0.15, -0.1) is 0 Å². The van der Waals surface area contributed by atoms with E-state index in [0.29, 0.717) is 31.2 Å². The molecule has 162 valence electrons. The van der Waals surface area contributed by atoms with Crippen molar-refractivity contribution in [2.75, 3.05) is 47.6 Å². The van der Waals surface area contributed by atoms with Gasteiger partial charge in [-0.25, -0.2) is 0 Å². The topological polar surface area (TPSA) is 60.0 Å². The summed E-state index contributed by atoms with van der Waals surface area (Å²) in [5.41, 5.74) is 1.90. The summed E-state index contributed by atoms with van der Waals surface area (Å²) >= 11 is 0. The van der Waals surface area contributed by atoms with Gasteiger partial charge < -0.3 is 19.5 Å². The van der Waals surface area contributed by atoms with Crippen LogP contribution in [0.15, 0.2) is 48.5 Å². The summed E-state index contributed by atoms with van der Waals surface area (Å²) in [6.07, 6.45) is 2.23. The molecule has 2 unspecified atom stereocenters. The number of hydrogen-bond acceptors (Lipinski definition) is 5. The molecule has 1 fully saturated rings. The van der Waals surface area contributed by atoms with Gasteiger partial charge in [-0.2, -0.15) is 0 Å². The maximum absolute atomic E-state index is 12.7. The van der Waals surface area contributed by atoms with E-state index in [2.05, 4.69) is 29.4 Å². The van der Waals surface area contributed by atoms with Crippen LogP contribution in [0, 0.1) is 5.92 Å². The lowest BCUT2D eigenvalue weighted by Gasteiger charge is -2.39. The number of carbonyl (C=O) groups excluding carboxylic acids is 1. The number of carbonyl (C=O) groups is 1. The zero-order valence-corrected chi connectivity index (χ0v) is 18.1. The fourth-order valence-corrected chi connectivity index (χ4v) is 4.07. The first-order valence-corrected chi connectivity index (χ1v) is 10.5. The van der Waals surface area contributed by atoms with Gasteiger partial charge in [-0.3, -0.25) is 9.69 Å². The standard InChI is InChI=1S/C24H32N2O4/c1-26-14-4-5-20(23(26)18-6-10-21(29-3)11-7-18)17-25-24(27)19-8-12-22(13-9-19)30-16-15-28-2/h6-13,20,23H,4-5,14-17H2,1-3H3,(H,25,27). The Hall–Kier alpha value is -2.57. The number of hydrogen-bond donors (Lipinski definition) is 1. The van der Waals surface area contributed by atoms with Gasteiger partial charge in [0.1, 0.15) is 18.1 Å². The van der Waals surface area contributed by atoms with E-state index in [0.717, 1.165) is 30.9 Å². The van der Waals surface area contributed by atoms with Gasteiger partial charge in [-0.05, 0) is 74.3 Å². The predicted octanol–water partition coefficient (Wildman–Crippen LogP) is 3.53. The fraction of sp³-hybridized carbons (Fsp3) is 0.458.